The van der Waals surface area contributed by atoms with Gasteiger partial charge in [-0.05, 0) is 25.3 Å². The average molecular weight is 280 g/mol. The fourth-order valence-electron chi connectivity index (χ4n) is 1.39. The van der Waals surface area contributed by atoms with E-state index in [0.29, 0.717) is 0 Å². The Morgan fingerprint density at radius 1 is 0.824 bits per heavy atom. The van der Waals surface area contributed by atoms with Gasteiger partial charge in [-0.15, -0.1) is 11.6 Å². The highest BCUT2D eigenvalue weighted by molar-refractivity contribution is 6.44. The van der Waals surface area contributed by atoms with Crippen LogP contribution in [-0.4, -0.2) is 28.4 Å². The molecule has 103 valence electrons. The van der Waals surface area contributed by atoms with E-state index in [1.165, 1.54) is 25.7 Å². The molecule has 0 unspecified atom stereocenters. The van der Waals surface area contributed by atoms with Crippen molar-refractivity contribution >= 4 is 20.9 Å². The van der Waals surface area contributed by atoms with Crippen LogP contribution >= 0.6 is 11.6 Å². The lowest BCUT2D eigenvalue weighted by atomic mass is 10.3. The van der Waals surface area contributed by atoms with Crippen molar-refractivity contribution in [3.63, 3.8) is 0 Å². The molecule has 0 bridgehead atoms. The van der Waals surface area contributed by atoms with Crippen molar-refractivity contribution in [3.05, 3.63) is 0 Å². The molecule has 0 heterocycles. The molecule has 0 rings (SSSR count). The molecule has 0 amide bonds. The molecule has 0 aliphatic heterocycles. The molecule has 2 nitrogen and oxygen atoms in total. The maximum absolute atomic E-state index is 5.86. The van der Waals surface area contributed by atoms with E-state index in [1.54, 1.807) is 0 Å². The van der Waals surface area contributed by atoms with Crippen molar-refractivity contribution < 1.29 is 8.85 Å². The number of alkyl halides is 1. The summed E-state index contributed by atoms with van der Waals surface area (Å²) in [7, 11) is -1.01. The fourth-order valence-corrected chi connectivity index (χ4v) is 3.23. The van der Waals surface area contributed by atoms with Gasteiger partial charge in [-0.1, -0.05) is 39.5 Å². The Balaban J connectivity index is 3.60. The number of halogens is 1. The average Bonchev–Trinajstić information content (AvgIpc) is 2.34. The number of rotatable bonds is 13. The van der Waals surface area contributed by atoms with Crippen LogP contribution in [0.2, 0.25) is 6.04 Å². The lowest BCUT2D eigenvalue weighted by Gasteiger charge is -2.15. The minimum atomic E-state index is -1.01. The molecule has 1 radical (unpaired) electrons. The quantitative estimate of drug-likeness (QED) is 0.280. The highest BCUT2D eigenvalue weighted by Gasteiger charge is 2.14. The molecule has 0 aromatic rings. The summed E-state index contributed by atoms with van der Waals surface area (Å²) in [6, 6.07) is 1.11. The maximum atomic E-state index is 5.86. The minimum absolute atomic E-state index is 0.773. The predicted molar refractivity (Wildman–Crippen MR) is 76.9 cm³/mol. The summed E-state index contributed by atoms with van der Waals surface area (Å²) in [5, 5.41) is 0. The second-order valence-electron chi connectivity index (χ2n) is 4.28. The van der Waals surface area contributed by atoms with Crippen LogP contribution in [0.1, 0.15) is 58.8 Å². The van der Waals surface area contributed by atoms with Crippen LogP contribution in [0, 0.1) is 0 Å². The van der Waals surface area contributed by atoms with Crippen LogP contribution in [-0.2, 0) is 8.85 Å². The van der Waals surface area contributed by atoms with Crippen LogP contribution in [0.5, 0.6) is 0 Å². The third kappa shape index (κ3) is 12.7. The Morgan fingerprint density at radius 2 is 1.41 bits per heavy atom. The lowest BCUT2D eigenvalue weighted by molar-refractivity contribution is 0.190. The summed E-state index contributed by atoms with van der Waals surface area (Å²) < 4.78 is 11.7. The highest BCUT2D eigenvalue weighted by Crippen LogP contribution is 2.09. The van der Waals surface area contributed by atoms with Gasteiger partial charge in [0.15, 0.2) is 0 Å². The van der Waals surface area contributed by atoms with Crippen LogP contribution in [0.15, 0.2) is 0 Å². The van der Waals surface area contributed by atoms with Crippen LogP contribution in [0.4, 0.5) is 0 Å². The molecule has 0 atom stereocenters. The molecule has 0 saturated heterocycles. The molecule has 0 fully saturated rings. The normalized spacial score (nSPS) is 11.3. The molecule has 4 heteroatoms. The molecule has 0 spiro atoms. The van der Waals surface area contributed by atoms with Crippen LogP contribution in [0.25, 0.3) is 0 Å². The Labute approximate surface area is 114 Å². The third-order valence-corrected chi connectivity index (χ3v) is 4.62. The fraction of sp³-hybridized carbons (Fsp3) is 1.00. The Kier molecular flexibility index (Phi) is 14.9. The molecule has 0 aliphatic rings. The Bertz CT molecular complexity index is 137. The predicted octanol–water partition coefficient (Wildman–Crippen LogP) is 4.52. The van der Waals surface area contributed by atoms with Gasteiger partial charge in [0.1, 0.15) is 0 Å². The first kappa shape index (κ1) is 17.4. The maximum Gasteiger partial charge on any atom is 0.384 e. The van der Waals surface area contributed by atoms with Gasteiger partial charge in [-0.25, -0.2) is 0 Å². The zero-order valence-corrected chi connectivity index (χ0v) is 13.2. The van der Waals surface area contributed by atoms with Crippen molar-refractivity contribution in [1.82, 2.24) is 0 Å². The number of hydrogen-bond donors (Lipinski definition) is 0. The van der Waals surface area contributed by atoms with Gasteiger partial charge in [0.2, 0.25) is 0 Å². The first-order chi connectivity index (χ1) is 8.35. The summed E-state index contributed by atoms with van der Waals surface area (Å²) in [6.07, 6.45) is 8.18. The summed E-state index contributed by atoms with van der Waals surface area (Å²) in [6.45, 7) is 6.11. The first-order valence-corrected chi connectivity index (χ1v) is 9.08. The van der Waals surface area contributed by atoms with Gasteiger partial charge in [-0.3, -0.25) is 0 Å². The standard InChI is InChI=1S/C13H28ClO2Si/c1-3-5-11-15-17(16-12-6-4-2)13-9-7-8-10-14/h3-13H2,1-2H3. The van der Waals surface area contributed by atoms with Crippen molar-refractivity contribution in [3.8, 4) is 0 Å². The zero-order chi connectivity index (χ0) is 12.8. The van der Waals surface area contributed by atoms with Crippen molar-refractivity contribution in [2.45, 2.75) is 64.8 Å². The van der Waals surface area contributed by atoms with Crippen LogP contribution in [0.3, 0.4) is 0 Å². The smallest absolute Gasteiger partial charge is 0.384 e. The summed E-state index contributed by atoms with van der Waals surface area (Å²) in [5.74, 6) is 0.773. The van der Waals surface area contributed by atoms with E-state index in [1.807, 2.05) is 0 Å². The van der Waals surface area contributed by atoms with Gasteiger partial charge in [0.05, 0.1) is 0 Å². The van der Waals surface area contributed by atoms with E-state index in [2.05, 4.69) is 13.8 Å². The summed E-state index contributed by atoms with van der Waals surface area (Å²) >= 11 is 5.67. The second kappa shape index (κ2) is 14.5. The summed E-state index contributed by atoms with van der Waals surface area (Å²) in [5.41, 5.74) is 0. The van der Waals surface area contributed by atoms with Gasteiger partial charge in [-0.2, -0.15) is 0 Å². The van der Waals surface area contributed by atoms with Gasteiger partial charge in [0.25, 0.3) is 0 Å². The van der Waals surface area contributed by atoms with E-state index >= 15 is 0 Å². The second-order valence-corrected chi connectivity index (χ2v) is 6.48. The molecular formula is C13H28ClO2Si. The number of unbranched alkanes of at least 4 members (excludes halogenated alkanes) is 4. The van der Waals surface area contributed by atoms with Gasteiger partial charge < -0.3 is 8.85 Å². The molecule has 0 aromatic carbocycles. The van der Waals surface area contributed by atoms with E-state index < -0.39 is 9.28 Å². The van der Waals surface area contributed by atoms with Gasteiger partial charge in [0, 0.05) is 19.1 Å². The third-order valence-electron chi connectivity index (χ3n) is 2.54. The van der Waals surface area contributed by atoms with Crippen molar-refractivity contribution in [2.75, 3.05) is 19.1 Å². The largest absolute Gasteiger partial charge is 0.393 e. The lowest BCUT2D eigenvalue weighted by Crippen LogP contribution is -2.24. The van der Waals surface area contributed by atoms with Crippen molar-refractivity contribution in [1.29, 1.82) is 0 Å². The Hall–Kier alpha value is 0.427. The molecular weight excluding hydrogens is 252 g/mol. The molecule has 0 aromatic heterocycles. The van der Waals surface area contributed by atoms with E-state index in [9.17, 15) is 0 Å². The van der Waals surface area contributed by atoms with Crippen LogP contribution < -0.4 is 0 Å². The van der Waals surface area contributed by atoms with E-state index in [-0.39, 0.29) is 0 Å². The van der Waals surface area contributed by atoms with Gasteiger partial charge >= 0.3 is 9.28 Å². The molecule has 0 saturated carbocycles. The summed E-state index contributed by atoms with van der Waals surface area (Å²) in [4.78, 5) is 0. The monoisotopic (exact) mass is 279 g/mol. The topological polar surface area (TPSA) is 18.5 Å². The van der Waals surface area contributed by atoms with Crippen molar-refractivity contribution in [2.24, 2.45) is 0 Å². The Morgan fingerprint density at radius 3 is 1.88 bits per heavy atom. The molecule has 17 heavy (non-hydrogen) atoms. The molecule has 0 N–H and O–H groups in total. The molecule has 0 aliphatic carbocycles. The van der Waals surface area contributed by atoms with E-state index in [0.717, 1.165) is 44.4 Å². The number of hydrogen-bond acceptors (Lipinski definition) is 2. The minimum Gasteiger partial charge on any atom is -0.393 e. The zero-order valence-electron chi connectivity index (χ0n) is 11.5. The highest BCUT2D eigenvalue weighted by atomic mass is 35.5. The SMILES string of the molecule is CCCCO[Si](CCCCCCl)OCCCC. The van der Waals surface area contributed by atoms with E-state index in [4.69, 9.17) is 20.5 Å². The first-order valence-electron chi connectivity index (χ1n) is 7.02.